The fourth-order valence-electron chi connectivity index (χ4n) is 1.12. The van der Waals surface area contributed by atoms with E-state index in [2.05, 4.69) is 5.32 Å². The van der Waals surface area contributed by atoms with Crippen molar-refractivity contribution in [2.75, 3.05) is 5.32 Å². The van der Waals surface area contributed by atoms with E-state index in [0.29, 0.717) is 11.3 Å². The molecule has 0 aliphatic heterocycles. The third-order valence-corrected chi connectivity index (χ3v) is 1.61. The zero-order valence-electron chi connectivity index (χ0n) is 8.56. The van der Waals surface area contributed by atoms with Crippen LogP contribution in [0.1, 0.15) is 26.3 Å². The highest BCUT2D eigenvalue weighted by Gasteiger charge is 2.12. The van der Waals surface area contributed by atoms with Gasteiger partial charge in [0, 0.05) is 5.54 Å². The van der Waals surface area contributed by atoms with Crippen molar-refractivity contribution < 1.29 is 4.39 Å². The summed E-state index contributed by atoms with van der Waals surface area (Å²) in [5.74, 6) is -0.388. The van der Waals surface area contributed by atoms with Gasteiger partial charge in [-0.25, -0.2) is 4.39 Å². The van der Waals surface area contributed by atoms with Crippen LogP contribution in [-0.4, -0.2) is 5.54 Å². The van der Waals surface area contributed by atoms with Gasteiger partial charge in [-0.05, 0) is 39.0 Å². The van der Waals surface area contributed by atoms with Gasteiger partial charge in [0.25, 0.3) is 0 Å². The molecule has 0 bridgehead atoms. The van der Waals surface area contributed by atoms with Gasteiger partial charge in [0.1, 0.15) is 11.9 Å². The van der Waals surface area contributed by atoms with Gasteiger partial charge in [-0.3, -0.25) is 0 Å². The van der Waals surface area contributed by atoms with Crippen LogP contribution in [0.2, 0.25) is 0 Å². The summed E-state index contributed by atoms with van der Waals surface area (Å²) < 4.78 is 12.8. The first-order valence-electron chi connectivity index (χ1n) is 4.40. The monoisotopic (exact) mass is 192 g/mol. The van der Waals surface area contributed by atoms with Gasteiger partial charge in [-0.15, -0.1) is 0 Å². The first-order valence-corrected chi connectivity index (χ1v) is 4.40. The molecule has 1 aromatic carbocycles. The lowest BCUT2D eigenvalue weighted by Gasteiger charge is -2.22. The van der Waals surface area contributed by atoms with E-state index >= 15 is 0 Å². The molecule has 0 radical (unpaired) electrons. The van der Waals surface area contributed by atoms with Crippen LogP contribution < -0.4 is 5.32 Å². The van der Waals surface area contributed by atoms with Crippen molar-refractivity contribution in [3.63, 3.8) is 0 Å². The van der Waals surface area contributed by atoms with E-state index in [-0.39, 0.29) is 11.4 Å². The Morgan fingerprint density at radius 3 is 2.50 bits per heavy atom. The molecule has 2 nitrogen and oxygen atoms in total. The van der Waals surface area contributed by atoms with Crippen molar-refractivity contribution in [2.24, 2.45) is 0 Å². The van der Waals surface area contributed by atoms with E-state index in [1.807, 2.05) is 26.8 Å². The summed E-state index contributed by atoms with van der Waals surface area (Å²) in [6.45, 7) is 5.95. The zero-order chi connectivity index (χ0) is 10.8. The molecule has 0 amide bonds. The molecule has 0 saturated heterocycles. The van der Waals surface area contributed by atoms with Crippen LogP contribution in [0, 0.1) is 17.1 Å². The third kappa shape index (κ3) is 2.74. The van der Waals surface area contributed by atoms with Crippen molar-refractivity contribution in [1.29, 1.82) is 5.26 Å². The summed E-state index contributed by atoms with van der Waals surface area (Å²) in [5, 5.41) is 11.9. The Morgan fingerprint density at radius 2 is 2.00 bits per heavy atom. The standard InChI is InChI=1S/C11H13FN2/c1-11(2,3)14-10-5-4-9(12)6-8(10)7-13/h4-6,14H,1-3H3. The second kappa shape index (κ2) is 3.67. The Hall–Kier alpha value is -1.56. The number of anilines is 1. The maximum atomic E-state index is 12.8. The molecule has 1 aromatic rings. The minimum Gasteiger partial charge on any atom is -0.379 e. The predicted molar refractivity (Wildman–Crippen MR) is 54.5 cm³/mol. The minimum atomic E-state index is -0.388. The summed E-state index contributed by atoms with van der Waals surface area (Å²) in [7, 11) is 0. The van der Waals surface area contributed by atoms with Crippen molar-refractivity contribution in [2.45, 2.75) is 26.3 Å². The van der Waals surface area contributed by atoms with Crippen LogP contribution in [0.4, 0.5) is 10.1 Å². The molecular formula is C11H13FN2. The lowest BCUT2D eigenvalue weighted by molar-refractivity contribution is 0.621. The second-order valence-electron chi connectivity index (χ2n) is 4.18. The van der Waals surface area contributed by atoms with E-state index < -0.39 is 0 Å². The molecule has 0 atom stereocenters. The Kier molecular flexibility index (Phi) is 2.76. The van der Waals surface area contributed by atoms with Gasteiger partial charge in [-0.2, -0.15) is 5.26 Å². The molecule has 0 unspecified atom stereocenters. The SMILES string of the molecule is CC(C)(C)Nc1ccc(F)cc1C#N. The predicted octanol–water partition coefficient (Wildman–Crippen LogP) is 2.91. The molecular weight excluding hydrogens is 179 g/mol. The average Bonchev–Trinajstić information content (AvgIpc) is 2.06. The molecule has 74 valence electrons. The summed E-state index contributed by atoms with van der Waals surface area (Å²) >= 11 is 0. The van der Waals surface area contributed by atoms with Crippen molar-refractivity contribution in [3.05, 3.63) is 29.6 Å². The summed E-state index contributed by atoms with van der Waals surface area (Å²) in [6.07, 6.45) is 0. The lowest BCUT2D eigenvalue weighted by atomic mass is 10.1. The van der Waals surface area contributed by atoms with E-state index in [1.54, 1.807) is 6.07 Å². The molecule has 0 fully saturated rings. The van der Waals surface area contributed by atoms with Gasteiger partial charge in [0.15, 0.2) is 0 Å². The molecule has 0 aliphatic carbocycles. The number of rotatable bonds is 1. The van der Waals surface area contributed by atoms with Crippen molar-refractivity contribution >= 4 is 5.69 Å². The first-order chi connectivity index (χ1) is 6.42. The van der Waals surface area contributed by atoms with Crippen molar-refractivity contribution in [3.8, 4) is 6.07 Å². The fourth-order valence-corrected chi connectivity index (χ4v) is 1.12. The second-order valence-corrected chi connectivity index (χ2v) is 4.18. The van der Waals surface area contributed by atoms with E-state index in [1.165, 1.54) is 12.1 Å². The van der Waals surface area contributed by atoms with Crippen LogP contribution in [0.3, 0.4) is 0 Å². The Balaban J connectivity index is 3.05. The van der Waals surface area contributed by atoms with E-state index in [4.69, 9.17) is 5.26 Å². The first kappa shape index (κ1) is 10.5. The number of halogens is 1. The maximum Gasteiger partial charge on any atom is 0.124 e. The highest BCUT2D eigenvalue weighted by Crippen LogP contribution is 2.19. The number of benzene rings is 1. The molecule has 0 heterocycles. The van der Waals surface area contributed by atoms with Crippen LogP contribution in [0.15, 0.2) is 18.2 Å². The van der Waals surface area contributed by atoms with Crippen molar-refractivity contribution in [1.82, 2.24) is 0 Å². The van der Waals surface area contributed by atoms with Gasteiger partial charge in [0.2, 0.25) is 0 Å². The van der Waals surface area contributed by atoms with Gasteiger partial charge < -0.3 is 5.32 Å². The number of nitriles is 1. The molecule has 0 aliphatic rings. The number of nitrogens with one attached hydrogen (secondary N) is 1. The zero-order valence-corrected chi connectivity index (χ0v) is 8.56. The van der Waals surface area contributed by atoms with Crippen LogP contribution in [0.5, 0.6) is 0 Å². The van der Waals surface area contributed by atoms with Crippen LogP contribution >= 0.6 is 0 Å². The summed E-state index contributed by atoms with van der Waals surface area (Å²) in [4.78, 5) is 0. The Morgan fingerprint density at radius 1 is 1.36 bits per heavy atom. The smallest absolute Gasteiger partial charge is 0.124 e. The number of nitrogens with zero attached hydrogens (tertiary/aromatic N) is 1. The van der Waals surface area contributed by atoms with E-state index in [9.17, 15) is 4.39 Å². The normalized spacial score (nSPS) is 10.8. The minimum absolute atomic E-state index is 0.135. The largest absolute Gasteiger partial charge is 0.379 e. The van der Waals surface area contributed by atoms with Gasteiger partial charge in [0.05, 0.1) is 11.3 Å². The lowest BCUT2D eigenvalue weighted by Crippen LogP contribution is -2.26. The topological polar surface area (TPSA) is 35.8 Å². The molecule has 1 rings (SSSR count). The quantitative estimate of drug-likeness (QED) is 0.742. The highest BCUT2D eigenvalue weighted by atomic mass is 19.1. The number of hydrogen-bond donors (Lipinski definition) is 1. The van der Waals surface area contributed by atoms with Gasteiger partial charge >= 0.3 is 0 Å². The molecule has 1 N–H and O–H groups in total. The molecule has 14 heavy (non-hydrogen) atoms. The Bertz CT molecular complexity index is 372. The van der Waals surface area contributed by atoms with Gasteiger partial charge in [-0.1, -0.05) is 0 Å². The molecule has 0 spiro atoms. The summed E-state index contributed by atoms with van der Waals surface area (Å²) in [6, 6.07) is 6.11. The van der Waals surface area contributed by atoms with E-state index in [0.717, 1.165) is 0 Å². The highest BCUT2D eigenvalue weighted by molar-refractivity contribution is 5.58. The molecule has 0 aromatic heterocycles. The van der Waals surface area contributed by atoms with Crippen LogP contribution in [0.25, 0.3) is 0 Å². The fraction of sp³-hybridized carbons (Fsp3) is 0.364. The summed E-state index contributed by atoms with van der Waals surface area (Å²) in [5.41, 5.74) is 0.866. The average molecular weight is 192 g/mol. The maximum absolute atomic E-state index is 12.8. The molecule has 3 heteroatoms. The Labute approximate surface area is 83.4 Å². The van der Waals surface area contributed by atoms with Crippen LogP contribution in [-0.2, 0) is 0 Å². The molecule has 0 saturated carbocycles. The third-order valence-electron chi connectivity index (χ3n) is 1.61. The number of hydrogen-bond acceptors (Lipinski definition) is 2.